The summed E-state index contributed by atoms with van der Waals surface area (Å²) in [7, 11) is -1.24. The molecule has 0 saturated carbocycles. The van der Waals surface area contributed by atoms with Gasteiger partial charge in [-0.25, -0.2) is 0 Å². The van der Waals surface area contributed by atoms with E-state index in [1.54, 1.807) is 0 Å². The number of hydrogen-bond donors (Lipinski definition) is 0. The lowest BCUT2D eigenvalue weighted by Crippen LogP contribution is -2.19. The van der Waals surface area contributed by atoms with Gasteiger partial charge in [-0.15, -0.1) is 0 Å². The zero-order valence-corrected chi connectivity index (χ0v) is 8.38. The Morgan fingerprint density at radius 3 is 1.80 bits per heavy atom. The summed E-state index contributed by atoms with van der Waals surface area (Å²) in [5.41, 5.74) is 0. The third-order valence-corrected chi connectivity index (χ3v) is 2.52. The van der Waals surface area contributed by atoms with Gasteiger partial charge in [0.15, 0.2) is 0 Å². The van der Waals surface area contributed by atoms with Crippen LogP contribution in [0.5, 0.6) is 0 Å². The van der Waals surface area contributed by atoms with Crippen LogP contribution in [0.1, 0.15) is 28.1 Å². The maximum absolute atomic E-state index is 5.41. The van der Waals surface area contributed by atoms with E-state index < -0.39 is 9.28 Å². The normalized spacial score (nSPS) is 10.8. The summed E-state index contributed by atoms with van der Waals surface area (Å²) in [6.07, 6.45) is 2.18. The standard InChI is InChI=1S/C7H18O2Si/c1-4-6-8-10(3)9-7-5-2/h10H,4-7H2,1-3H3/p+1. The average molecular weight is 163 g/mol. The molecule has 0 aromatic heterocycles. The van der Waals surface area contributed by atoms with Crippen LogP contribution in [-0.4, -0.2) is 22.5 Å². The SMILES string of the molecule is CCCO[SiH](C)OCCC.[H+]. The van der Waals surface area contributed by atoms with E-state index in [0.29, 0.717) is 0 Å². The summed E-state index contributed by atoms with van der Waals surface area (Å²) in [5, 5.41) is 0. The third kappa shape index (κ3) is 6.26. The van der Waals surface area contributed by atoms with Gasteiger partial charge < -0.3 is 8.85 Å². The van der Waals surface area contributed by atoms with Crippen molar-refractivity contribution < 1.29 is 10.3 Å². The van der Waals surface area contributed by atoms with Crippen LogP contribution >= 0.6 is 0 Å². The smallest absolute Gasteiger partial charge is 0.397 e. The highest BCUT2D eigenvalue weighted by atomic mass is 28.3. The van der Waals surface area contributed by atoms with E-state index in [1.165, 1.54) is 0 Å². The molecule has 0 rings (SSSR count). The summed E-state index contributed by atoms with van der Waals surface area (Å²) in [5.74, 6) is 0. The Bertz CT molecular complexity index is 65.5. The fourth-order valence-electron chi connectivity index (χ4n) is 0.616. The molecule has 0 spiro atoms. The van der Waals surface area contributed by atoms with Crippen molar-refractivity contribution in [3.05, 3.63) is 0 Å². The lowest BCUT2D eigenvalue weighted by Gasteiger charge is -2.10. The second-order valence-corrected chi connectivity index (χ2v) is 4.11. The van der Waals surface area contributed by atoms with Gasteiger partial charge in [-0.3, -0.25) is 0 Å². The summed E-state index contributed by atoms with van der Waals surface area (Å²) < 4.78 is 10.8. The molecule has 0 atom stereocenters. The fourth-order valence-corrected chi connectivity index (χ4v) is 1.85. The first-order valence-electron chi connectivity index (χ1n) is 4.04. The van der Waals surface area contributed by atoms with Gasteiger partial charge in [0.05, 0.1) is 0 Å². The monoisotopic (exact) mass is 163 g/mol. The molecule has 0 aromatic carbocycles. The molecule has 0 aliphatic heterocycles. The van der Waals surface area contributed by atoms with Crippen LogP contribution in [-0.2, 0) is 8.85 Å². The maximum Gasteiger partial charge on any atom is 1.00 e. The average Bonchev–Trinajstić information content (AvgIpc) is 1.97. The number of hydrogen-bond acceptors (Lipinski definition) is 2. The van der Waals surface area contributed by atoms with Gasteiger partial charge in [-0.1, -0.05) is 13.8 Å². The molecule has 0 bridgehead atoms. The first-order valence-corrected chi connectivity index (χ1v) is 6.14. The second-order valence-electron chi connectivity index (χ2n) is 2.31. The zero-order valence-electron chi connectivity index (χ0n) is 8.22. The van der Waals surface area contributed by atoms with Gasteiger partial charge >= 0.3 is 10.7 Å². The van der Waals surface area contributed by atoms with E-state index in [9.17, 15) is 0 Å². The molecule has 0 N–H and O–H groups in total. The van der Waals surface area contributed by atoms with Crippen molar-refractivity contribution in [2.24, 2.45) is 0 Å². The highest BCUT2D eigenvalue weighted by Crippen LogP contribution is 1.91. The third-order valence-electron chi connectivity index (χ3n) is 1.11. The molecule has 0 radical (unpaired) electrons. The van der Waals surface area contributed by atoms with Gasteiger partial charge in [-0.2, -0.15) is 0 Å². The lowest BCUT2D eigenvalue weighted by atomic mass is 10.5. The second kappa shape index (κ2) is 7.25. The van der Waals surface area contributed by atoms with Crippen LogP contribution in [0.4, 0.5) is 0 Å². The van der Waals surface area contributed by atoms with Crippen LogP contribution < -0.4 is 0 Å². The molecule has 10 heavy (non-hydrogen) atoms. The molecule has 0 aromatic rings. The van der Waals surface area contributed by atoms with E-state index >= 15 is 0 Å². The Labute approximate surface area is 66.9 Å². The summed E-state index contributed by atoms with van der Waals surface area (Å²) in [6, 6.07) is 0. The topological polar surface area (TPSA) is 18.5 Å². The molecular formula is C7H19O2Si+. The first kappa shape index (κ1) is 10.1. The van der Waals surface area contributed by atoms with E-state index in [1.807, 2.05) is 0 Å². The Hall–Kier alpha value is 0.137. The Morgan fingerprint density at radius 2 is 1.50 bits per heavy atom. The van der Waals surface area contributed by atoms with Crippen LogP contribution in [0.15, 0.2) is 0 Å². The molecule has 0 heterocycles. The van der Waals surface area contributed by atoms with Gasteiger partial charge in [-0.05, 0) is 19.4 Å². The van der Waals surface area contributed by atoms with E-state index in [2.05, 4.69) is 20.4 Å². The van der Waals surface area contributed by atoms with Crippen molar-refractivity contribution >= 4 is 9.28 Å². The predicted molar refractivity (Wildman–Crippen MR) is 46.6 cm³/mol. The van der Waals surface area contributed by atoms with E-state index in [-0.39, 0.29) is 1.43 Å². The minimum absolute atomic E-state index is 0. The Morgan fingerprint density at radius 1 is 1.10 bits per heavy atom. The van der Waals surface area contributed by atoms with Crippen molar-refractivity contribution in [1.29, 1.82) is 0 Å². The zero-order chi connectivity index (χ0) is 7.82. The van der Waals surface area contributed by atoms with E-state index in [4.69, 9.17) is 8.85 Å². The molecule has 0 fully saturated rings. The van der Waals surface area contributed by atoms with Gasteiger partial charge in [0.25, 0.3) is 0 Å². The van der Waals surface area contributed by atoms with E-state index in [0.717, 1.165) is 26.1 Å². The fraction of sp³-hybridized carbons (Fsp3) is 1.00. The van der Waals surface area contributed by atoms with Crippen molar-refractivity contribution in [2.45, 2.75) is 33.2 Å². The van der Waals surface area contributed by atoms with Gasteiger partial charge in [0.1, 0.15) is 0 Å². The molecule has 2 nitrogen and oxygen atoms in total. The predicted octanol–water partition coefficient (Wildman–Crippen LogP) is 1.80. The molecular weight excluding hydrogens is 144 g/mol. The molecule has 0 aliphatic rings. The lowest BCUT2D eigenvalue weighted by molar-refractivity contribution is 0.202. The largest absolute Gasteiger partial charge is 1.00 e. The molecule has 0 aliphatic carbocycles. The Kier molecular flexibility index (Phi) is 7.35. The Balaban J connectivity index is 0. The first-order chi connectivity index (χ1) is 4.81. The highest BCUT2D eigenvalue weighted by Gasteiger charge is 2.02. The van der Waals surface area contributed by atoms with Crippen molar-refractivity contribution in [2.75, 3.05) is 13.2 Å². The summed E-state index contributed by atoms with van der Waals surface area (Å²) in [4.78, 5) is 0. The van der Waals surface area contributed by atoms with Crippen molar-refractivity contribution in [3.63, 3.8) is 0 Å². The maximum atomic E-state index is 5.41. The summed E-state index contributed by atoms with van der Waals surface area (Å²) >= 11 is 0. The van der Waals surface area contributed by atoms with Crippen LogP contribution in [0.25, 0.3) is 0 Å². The molecule has 62 valence electrons. The van der Waals surface area contributed by atoms with Gasteiger partial charge in [0.2, 0.25) is 0 Å². The van der Waals surface area contributed by atoms with Crippen molar-refractivity contribution in [3.8, 4) is 0 Å². The van der Waals surface area contributed by atoms with Crippen LogP contribution in [0.3, 0.4) is 0 Å². The molecule has 3 heteroatoms. The minimum Gasteiger partial charge on any atom is -0.397 e. The summed E-state index contributed by atoms with van der Waals surface area (Å²) in [6.45, 7) is 8.02. The molecule has 0 saturated heterocycles. The number of rotatable bonds is 6. The highest BCUT2D eigenvalue weighted by molar-refractivity contribution is 6.42. The molecule has 0 unspecified atom stereocenters. The van der Waals surface area contributed by atoms with Crippen LogP contribution in [0.2, 0.25) is 6.55 Å². The van der Waals surface area contributed by atoms with Gasteiger partial charge in [0, 0.05) is 13.2 Å². The quantitative estimate of drug-likeness (QED) is 0.556. The molecule has 0 amide bonds. The van der Waals surface area contributed by atoms with Crippen LogP contribution in [0, 0.1) is 0 Å². The van der Waals surface area contributed by atoms with Crippen molar-refractivity contribution in [1.82, 2.24) is 0 Å². The minimum atomic E-state index is -1.24.